The monoisotopic (exact) mass is 291 g/mol. The fourth-order valence-corrected chi connectivity index (χ4v) is 2.34. The van der Waals surface area contributed by atoms with Gasteiger partial charge in [-0.3, -0.25) is 4.79 Å². The third kappa shape index (κ3) is 3.50. The highest BCUT2D eigenvalue weighted by Crippen LogP contribution is 2.23. The maximum atomic E-state index is 11.9. The minimum absolute atomic E-state index is 0.0447. The SMILES string of the molecule is Cc1cc(C)c(NC(=O)NC2CNC(=O)C2)c(C(=O)O)c1. The largest absolute Gasteiger partial charge is 0.478 e. The summed E-state index contributed by atoms with van der Waals surface area (Å²) in [5.74, 6) is -1.21. The van der Waals surface area contributed by atoms with Crippen molar-refractivity contribution in [3.8, 4) is 0 Å². The second-order valence-corrected chi connectivity index (χ2v) is 5.11. The van der Waals surface area contributed by atoms with Gasteiger partial charge >= 0.3 is 12.0 Å². The zero-order valence-corrected chi connectivity index (χ0v) is 11.8. The van der Waals surface area contributed by atoms with Gasteiger partial charge in [-0.25, -0.2) is 9.59 Å². The van der Waals surface area contributed by atoms with Gasteiger partial charge in [-0.05, 0) is 31.0 Å². The number of aromatic carboxylic acids is 1. The lowest BCUT2D eigenvalue weighted by atomic mass is 10.0. The minimum Gasteiger partial charge on any atom is -0.478 e. The predicted octanol–water partition coefficient (Wildman–Crippen LogP) is 1.01. The Kier molecular flexibility index (Phi) is 4.11. The van der Waals surface area contributed by atoms with Crippen molar-refractivity contribution in [2.75, 3.05) is 11.9 Å². The lowest BCUT2D eigenvalue weighted by Gasteiger charge is -2.15. The van der Waals surface area contributed by atoms with Crippen LogP contribution in [0.1, 0.15) is 27.9 Å². The number of urea groups is 1. The molecule has 1 aliphatic rings. The number of carbonyl (C=O) groups is 3. The Labute approximate surface area is 121 Å². The molecule has 0 spiro atoms. The van der Waals surface area contributed by atoms with Crippen molar-refractivity contribution in [1.29, 1.82) is 0 Å². The maximum Gasteiger partial charge on any atom is 0.337 e. The summed E-state index contributed by atoms with van der Waals surface area (Å²) in [6, 6.07) is 2.50. The molecule has 1 fully saturated rings. The number of amides is 3. The van der Waals surface area contributed by atoms with Crippen LogP contribution in [0.25, 0.3) is 0 Å². The van der Waals surface area contributed by atoms with E-state index in [4.69, 9.17) is 0 Å². The number of nitrogens with one attached hydrogen (secondary N) is 3. The lowest BCUT2D eigenvalue weighted by molar-refractivity contribution is -0.119. The molecule has 1 unspecified atom stereocenters. The maximum absolute atomic E-state index is 11.9. The van der Waals surface area contributed by atoms with E-state index in [1.807, 2.05) is 0 Å². The van der Waals surface area contributed by atoms with Crippen molar-refractivity contribution in [2.45, 2.75) is 26.3 Å². The van der Waals surface area contributed by atoms with Crippen molar-refractivity contribution >= 4 is 23.6 Å². The normalized spacial score (nSPS) is 17.2. The average Bonchev–Trinajstić information content (AvgIpc) is 2.77. The highest BCUT2D eigenvalue weighted by Gasteiger charge is 2.23. The Morgan fingerprint density at radius 3 is 2.62 bits per heavy atom. The van der Waals surface area contributed by atoms with Gasteiger partial charge in [0.15, 0.2) is 0 Å². The van der Waals surface area contributed by atoms with Crippen LogP contribution in [0, 0.1) is 13.8 Å². The molecule has 1 aromatic rings. The van der Waals surface area contributed by atoms with Gasteiger partial charge in [-0.15, -0.1) is 0 Å². The molecule has 1 aromatic carbocycles. The van der Waals surface area contributed by atoms with Gasteiger partial charge in [0, 0.05) is 13.0 Å². The van der Waals surface area contributed by atoms with Gasteiger partial charge in [0.05, 0.1) is 17.3 Å². The van der Waals surface area contributed by atoms with Crippen LogP contribution in [0.3, 0.4) is 0 Å². The summed E-state index contributed by atoms with van der Waals surface area (Å²) >= 11 is 0. The summed E-state index contributed by atoms with van der Waals surface area (Å²) in [4.78, 5) is 34.3. The fourth-order valence-electron chi connectivity index (χ4n) is 2.34. The Hall–Kier alpha value is -2.57. The molecule has 7 heteroatoms. The van der Waals surface area contributed by atoms with Gasteiger partial charge < -0.3 is 21.1 Å². The molecular weight excluding hydrogens is 274 g/mol. The lowest BCUT2D eigenvalue weighted by Crippen LogP contribution is -2.39. The van der Waals surface area contributed by atoms with Crippen molar-refractivity contribution < 1.29 is 19.5 Å². The van der Waals surface area contributed by atoms with Gasteiger partial charge in [0.1, 0.15) is 0 Å². The number of aryl methyl sites for hydroxylation is 2. The molecular formula is C14H17N3O4. The second-order valence-electron chi connectivity index (χ2n) is 5.11. The van der Waals surface area contributed by atoms with Gasteiger partial charge in [-0.1, -0.05) is 6.07 Å². The number of carboxylic acid groups (broad SMARTS) is 1. The Morgan fingerprint density at radius 1 is 1.33 bits per heavy atom. The fraction of sp³-hybridized carbons (Fsp3) is 0.357. The Balaban J connectivity index is 2.13. The van der Waals surface area contributed by atoms with E-state index in [1.165, 1.54) is 6.07 Å². The first-order chi connectivity index (χ1) is 9.86. The zero-order valence-electron chi connectivity index (χ0n) is 11.8. The molecule has 0 radical (unpaired) electrons. The van der Waals surface area contributed by atoms with E-state index in [2.05, 4.69) is 16.0 Å². The van der Waals surface area contributed by atoms with Crippen molar-refractivity contribution in [1.82, 2.24) is 10.6 Å². The molecule has 0 bridgehead atoms. The van der Waals surface area contributed by atoms with E-state index in [0.29, 0.717) is 12.1 Å². The van der Waals surface area contributed by atoms with Crippen LogP contribution in [0.2, 0.25) is 0 Å². The first-order valence-corrected chi connectivity index (χ1v) is 6.55. The number of hydrogen-bond donors (Lipinski definition) is 4. The highest BCUT2D eigenvalue weighted by atomic mass is 16.4. The van der Waals surface area contributed by atoms with E-state index in [-0.39, 0.29) is 29.6 Å². The summed E-state index contributed by atoms with van der Waals surface area (Å²) in [7, 11) is 0. The summed E-state index contributed by atoms with van der Waals surface area (Å²) in [5, 5.41) is 17.0. The van der Waals surface area contributed by atoms with Gasteiger partial charge in [0.25, 0.3) is 0 Å². The predicted molar refractivity (Wildman–Crippen MR) is 76.4 cm³/mol. The van der Waals surface area contributed by atoms with Crippen LogP contribution in [0.5, 0.6) is 0 Å². The molecule has 1 atom stereocenters. The van der Waals surface area contributed by atoms with Crippen LogP contribution in [0.15, 0.2) is 12.1 Å². The van der Waals surface area contributed by atoms with Crippen LogP contribution in [0.4, 0.5) is 10.5 Å². The molecule has 1 heterocycles. The smallest absolute Gasteiger partial charge is 0.337 e. The molecule has 3 amide bonds. The first-order valence-electron chi connectivity index (χ1n) is 6.55. The number of rotatable bonds is 3. The van der Waals surface area contributed by atoms with Gasteiger partial charge in [0.2, 0.25) is 5.91 Å². The molecule has 0 saturated carbocycles. The summed E-state index contributed by atoms with van der Waals surface area (Å²) < 4.78 is 0. The Bertz CT molecular complexity index is 612. The number of carbonyl (C=O) groups excluding carboxylic acids is 2. The zero-order chi connectivity index (χ0) is 15.6. The molecule has 21 heavy (non-hydrogen) atoms. The molecule has 0 aromatic heterocycles. The molecule has 7 nitrogen and oxygen atoms in total. The van der Waals surface area contributed by atoms with E-state index in [9.17, 15) is 19.5 Å². The molecule has 112 valence electrons. The molecule has 0 aliphatic carbocycles. The quantitative estimate of drug-likeness (QED) is 0.666. The summed E-state index contributed by atoms with van der Waals surface area (Å²) in [6.07, 6.45) is 0.228. The summed E-state index contributed by atoms with van der Waals surface area (Å²) in [6.45, 7) is 3.90. The number of hydrogen-bond acceptors (Lipinski definition) is 3. The number of carboxylic acids is 1. The van der Waals surface area contributed by atoms with E-state index < -0.39 is 12.0 Å². The van der Waals surface area contributed by atoms with Crippen LogP contribution >= 0.6 is 0 Å². The van der Waals surface area contributed by atoms with Crippen molar-refractivity contribution in [2.24, 2.45) is 0 Å². The number of anilines is 1. The van der Waals surface area contributed by atoms with Gasteiger partial charge in [-0.2, -0.15) is 0 Å². The van der Waals surface area contributed by atoms with Crippen molar-refractivity contribution in [3.05, 3.63) is 28.8 Å². The molecule has 1 aliphatic heterocycles. The third-order valence-corrected chi connectivity index (χ3v) is 3.26. The summed E-state index contributed by atoms with van der Waals surface area (Å²) in [5.41, 5.74) is 1.79. The average molecular weight is 291 g/mol. The molecule has 2 rings (SSSR count). The standard InChI is InChI=1S/C14H17N3O4/c1-7-3-8(2)12(10(4-7)13(19)20)17-14(21)16-9-5-11(18)15-6-9/h3-4,9H,5-6H2,1-2H3,(H,15,18)(H,19,20)(H2,16,17,21). The molecule has 4 N–H and O–H groups in total. The first kappa shape index (κ1) is 14.8. The van der Waals surface area contributed by atoms with Crippen LogP contribution in [-0.2, 0) is 4.79 Å². The number of benzene rings is 1. The van der Waals surface area contributed by atoms with Crippen LogP contribution in [-0.4, -0.2) is 35.6 Å². The van der Waals surface area contributed by atoms with E-state index >= 15 is 0 Å². The highest BCUT2D eigenvalue weighted by molar-refractivity contribution is 6.01. The van der Waals surface area contributed by atoms with E-state index in [0.717, 1.165) is 5.56 Å². The second kappa shape index (κ2) is 5.82. The van der Waals surface area contributed by atoms with Crippen molar-refractivity contribution in [3.63, 3.8) is 0 Å². The topological polar surface area (TPSA) is 108 Å². The minimum atomic E-state index is -1.10. The van der Waals surface area contributed by atoms with E-state index in [1.54, 1.807) is 19.9 Å². The Morgan fingerprint density at radius 2 is 2.05 bits per heavy atom. The molecule has 1 saturated heterocycles. The van der Waals surface area contributed by atoms with Crippen LogP contribution < -0.4 is 16.0 Å². The third-order valence-electron chi connectivity index (χ3n) is 3.26.